The fourth-order valence-electron chi connectivity index (χ4n) is 4.25. The van der Waals surface area contributed by atoms with Crippen LogP contribution in [0.15, 0.2) is 48.9 Å². The van der Waals surface area contributed by atoms with E-state index in [1.165, 1.54) is 0 Å². The third-order valence-corrected chi connectivity index (χ3v) is 6.11. The Morgan fingerprint density at radius 2 is 1.50 bits per heavy atom. The van der Waals surface area contributed by atoms with Gasteiger partial charge in [-0.1, -0.05) is 0 Å². The zero-order valence-electron chi connectivity index (χ0n) is 17.3. The molecule has 2 aliphatic rings. The number of pyridine rings is 1. The minimum Gasteiger partial charge on any atom is -0.354 e. The summed E-state index contributed by atoms with van der Waals surface area (Å²) in [6.45, 7) is 6.96. The molecule has 8 nitrogen and oxygen atoms in total. The maximum absolute atomic E-state index is 13.0. The van der Waals surface area contributed by atoms with Gasteiger partial charge in [-0.25, -0.2) is 9.97 Å². The van der Waals surface area contributed by atoms with Gasteiger partial charge in [-0.3, -0.25) is 4.79 Å². The number of piperazine rings is 2. The average molecular weight is 406 g/mol. The molecule has 0 saturated carbocycles. The summed E-state index contributed by atoms with van der Waals surface area (Å²) in [5, 5.41) is 0. The SMILES string of the molecule is CN1CCN(C(=O)c2ccc3ccc(N4CCN(c5ncccn5)CC4)n3c2)CC1. The predicted octanol–water partition coefficient (Wildman–Crippen LogP) is 1.44. The first-order valence-corrected chi connectivity index (χ1v) is 10.5. The lowest BCUT2D eigenvalue weighted by Gasteiger charge is -2.35. The molecule has 30 heavy (non-hydrogen) atoms. The van der Waals surface area contributed by atoms with Crippen molar-refractivity contribution in [1.29, 1.82) is 0 Å². The van der Waals surface area contributed by atoms with E-state index in [0.29, 0.717) is 0 Å². The molecule has 5 rings (SSSR count). The molecule has 2 fully saturated rings. The maximum Gasteiger partial charge on any atom is 0.255 e. The number of rotatable bonds is 3. The van der Waals surface area contributed by atoms with Crippen molar-refractivity contribution in [2.75, 3.05) is 69.2 Å². The van der Waals surface area contributed by atoms with E-state index < -0.39 is 0 Å². The monoisotopic (exact) mass is 405 g/mol. The van der Waals surface area contributed by atoms with Gasteiger partial charge in [0.05, 0.1) is 5.56 Å². The van der Waals surface area contributed by atoms with E-state index in [9.17, 15) is 4.79 Å². The molecule has 0 aliphatic carbocycles. The molecule has 156 valence electrons. The summed E-state index contributed by atoms with van der Waals surface area (Å²) in [7, 11) is 2.10. The maximum atomic E-state index is 13.0. The Bertz CT molecular complexity index is 1020. The molecule has 0 unspecified atom stereocenters. The van der Waals surface area contributed by atoms with Crippen LogP contribution in [-0.4, -0.2) is 89.5 Å². The number of anilines is 2. The van der Waals surface area contributed by atoms with Gasteiger partial charge in [0.1, 0.15) is 5.82 Å². The zero-order valence-corrected chi connectivity index (χ0v) is 17.3. The third kappa shape index (κ3) is 3.59. The number of carbonyl (C=O) groups is 1. The van der Waals surface area contributed by atoms with Crippen LogP contribution in [0.2, 0.25) is 0 Å². The largest absolute Gasteiger partial charge is 0.354 e. The number of fused-ring (bicyclic) bond motifs is 1. The molecule has 0 atom stereocenters. The van der Waals surface area contributed by atoms with Gasteiger partial charge in [-0.15, -0.1) is 0 Å². The van der Waals surface area contributed by atoms with E-state index in [4.69, 9.17) is 0 Å². The second kappa shape index (κ2) is 7.95. The molecule has 2 aliphatic heterocycles. The van der Waals surface area contributed by atoms with E-state index in [1.54, 1.807) is 12.4 Å². The molecule has 2 saturated heterocycles. The molecule has 3 aromatic heterocycles. The first kappa shape index (κ1) is 18.9. The highest BCUT2D eigenvalue weighted by atomic mass is 16.2. The summed E-state index contributed by atoms with van der Waals surface area (Å²) in [6, 6.07) is 10.1. The van der Waals surface area contributed by atoms with Crippen molar-refractivity contribution >= 4 is 23.2 Å². The van der Waals surface area contributed by atoms with Crippen LogP contribution in [0.1, 0.15) is 10.4 Å². The summed E-state index contributed by atoms with van der Waals surface area (Å²) < 4.78 is 2.15. The normalized spacial score (nSPS) is 18.2. The molecule has 1 amide bonds. The second-order valence-electron chi connectivity index (χ2n) is 8.02. The van der Waals surface area contributed by atoms with E-state index >= 15 is 0 Å². The van der Waals surface area contributed by atoms with Gasteiger partial charge < -0.3 is 24.0 Å². The molecule has 8 heteroatoms. The topological polar surface area (TPSA) is 60.2 Å². The summed E-state index contributed by atoms with van der Waals surface area (Å²) >= 11 is 0. The number of amides is 1. The van der Waals surface area contributed by atoms with Crippen LogP contribution in [0.4, 0.5) is 11.8 Å². The van der Waals surface area contributed by atoms with Crippen LogP contribution in [0.25, 0.3) is 5.52 Å². The Morgan fingerprint density at radius 1 is 0.833 bits per heavy atom. The standard InChI is InChI=1S/C22H27N7O/c1-25-9-11-27(12-10-25)21(30)18-3-4-19-5-6-20(29(19)17-18)26-13-15-28(16-14-26)22-23-7-2-8-24-22/h2-8,17H,9-16H2,1H3. The lowest BCUT2D eigenvalue weighted by atomic mass is 10.2. The summed E-state index contributed by atoms with van der Waals surface area (Å²) in [5.74, 6) is 2.04. The van der Waals surface area contributed by atoms with Crippen molar-refractivity contribution in [3.63, 3.8) is 0 Å². The van der Waals surface area contributed by atoms with Crippen molar-refractivity contribution < 1.29 is 4.79 Å². The first-order valence-electron chi connectivity index (χ1n) is 10.5. The van der Waals surface area contributed by atoms with E-state index in [1.807, 2.05) is 29.3 Å². The summed E-state index contributed by atoms with van der Waals surface area (Å²) in [5.41, 5.74) is 1.86. The van der Waals surface area contributed by atoms with Crippen molar-refractivity contribution in [2.24, 2.45) is 0 Å². The van der Waals surface area contributed by atoms with Gasteiger partial charge in [0, 0.05) is 76.5 Å². The molecule has 0 bridgehead atoms. The Balaban J connectivity index is 1.33. The second-order valence-corrected chi connectivity index (χ2v) is 8.02. The minimum atomic E-state index is 0.121. The van der Waals surface area contributed by atoms with Crippen molar-refractivity contribution in [2.45, 2.75) is 0 Å². The van der Waals surface area contributed by atoms with Gasteiger partial charge in [0.2, 0.25) is 5.95 Å². The fraction of sp³-hybridized carbons (Fsp3) is 0.409. The highest BCUT2D eigenvalue weighted by molar-refractivity contribution is 5.94. The highest BCUT2D eigenvalue weighted by Crippen LogP contribution is 2.23. The highest BCUT2D eigenvalue weighted by Gasteiger charge is 2.23. The zero-order chi connectivity index (χ0) is 20.5. The van der Waals surface area contributed by atoms with Gasteiger partial charge in [-0.05, 0) is 37.4 Å². The summed E-state index contributed by atoms with van der Waals surface area (Å²) in [4.78, 5) is 30.6. The van der Waals surface area contributed by atoms with Gasteiger partial charge >= 0.3 is 0 Å². The molecule has 5 heterocycles. The van der Waals surface area contributed by atoms with E-state index in [-0.39, 0.29) is 5.91 Å². The first-order chi connectivity index (χ1) is 14.7. The van der Waals surface area contributed by atoms with Gasteiger partial charge in [-0.2, -0.15) is 0 Å². The fourth-order valence-corrected chi connectivity index (χ4v) is 4.25. The predicted molar refractivity (Wildman–Crippen MR) is 117 cm³/mol. The molecule has 0 spiro atoms. The molecular formula is C22H27N7O. The van der Waals surface area contributed by atoms with Crippen molar-refractivity contribution in [3.05, 3.63) is 54.5 Å². The van der Waals surface area contributed by atoms with E-state index in [0.717, 1.165) is 75.2 Å². The van der Waals surface area contributed by atoms with Crippen LogP contribution in [0, 0.1) is 0 Å². The molecule has 0 aromatic carbocycles. The van der Waals surface area contributed by atoms with Crippen LogP contribution in [0.5, 0.6) is 0 Å². The Hall–Kier alpha value is -3.13. The van der Waals surface area contributed by atoms with Crippen LogP contribution in [-0.2, 0) is 0 Å². The quantitative estimate of drug-likeness (QED) is 0.657. The van der Waals surface area contributed by atoms with Gasteiger partial charge in [0.25, 0.3) is 5.91 Å². The van der Waals surface area contributed by atoms with Crippen LogP contribution in [0.3, 0.4) is 0 Å². The molecule has 0 N–H and O–H groups in total. The summed E-state index contributed by atoms with van der Waals surface area (Å²) in [6.07, 6.45) is 5.57. The number of likely N-dealkylation sites (N-methyl/N-ethyl adjacent to an activating group) is 1. The minimum absolute atomic E-state index is 0.121. The third-order valence-electron chi connectivity index (χ3n) is 6.11. The smallest absolute Gasteiger partial charge is 0.255 e. The lowest BCUT2D eigenvalue weighted by molar-refractivity contribution is 0.0663. The van der Waals surface area contributed by atoms with E-state index in [2.05, 4.69) is 48.2 Å². The average Bonchev–Trinajstić information content (AvgIpc) is 3.23. The van der Waals surface area contributed by atoms with Crippen molar-refractivity contribution in [3.8, 4) is 0 Å². The van der Waals surface area contributed by atoms with Gasteiger partial charge in [0.15, 0.2) is 0 Å². The number of hydrogen-bond acceptors (Lipinski definition) is 6. The Labute approximate surface area is 176 Å². The Morgan fingerprint density at radius 3 is 2.23 bits per heavy atom. The lowest BCUT2D eigenvalue weighted by Crippen LogP contribution is -2.47. The number of hydrogen-bond donors (Lipinski definition) is 0. The number of carbonyl (C=O) groups excluding carboxylic acids is 1. The molecule has 0 radical (unpaired) electrons. The molecular weight excluding hydrogens is 378 g/mol. The number of aromatic nitrogens is 3. The van der Waals surface area contributed by atoms with Crippen molar-refractivity contribution in [1.82, 2.24) is 24.2 Å². The molecule has 3 aromatic rings. The van der Waals surface area contributed by atoms with Crippen LogP contribution >= 0.6 is 0 Å². The number of nitrogens with zero attached hydrogens (tertiary/aromatic N) is 7. The Kier molecular flexibility index (Phi) is 5.00. The van der Waals surface area contributed by atoms with Crippen LogP contribution < -0.4 is 9.80 Å².